The number of hydrogen-bond acceptors (Lipinski definition) is 5. The molecule has 6 nitrogen and oxygen atoms in total. The van der Waals surface area contributed by atoms with Crippen LogP contribution >= 0.6 is 0 Å². The zero-order valence-corrected chi connectivity index (χ0v) is 11.2. The highest BCUT2D eigenvalue weighted by atomic mass is 32.2. The molecular weight excluding hydrogens is 264 g/mol. The van der Waals surface area contributed by atoms with Crippen molar-refractivity contribution >= 4 is 21.5 Å². The van der Waals surface area contributed by atoms with Crippen LogP contribution in [0, 0.1) is 0 Å². The molecule has 0 spiro atoms. The molecule has 0 aromatic carbocycles. The van der Waals surface area contributed by atoms with E-state index in [0.29, 0.717) is 12.4 Å². The van der Waals surface area contributed by atoms with Crippen molar-refractivity contribution < 1.29 is 8.42 Å². The number of hydrogen-bond donors (Lipinski definition) is 2. The maximum atomic E-state index is 11.0. The summed E-state index contributed by atoms with van der Waals surface area (Å²) >= 11 is 0. The second-order valence-corrected chi connectivity index (χ2v) is 5.73. The molecular formula is C12H14N4O2S. The molecule has 2 rings (SSSR count). The van der Waals surface area contributed by atoms with Crippen LogP contribution in [-0.4, -0.2) is 24.6 Å². The topological polar surface area (TPSA) is 84.0 Å². The molecule has 0 atom stereocenters. The van der Waals surface area contributed by atoms with Crippen LogP contribution in [-0.2, 0) is 16.6 Å². The molecule has 2 N–H and O–H groups in total. The SMILES string of the molecule is CS(=O)(=O)Nc1ccc(NCc2ccccn2)cn1. The molecule has 0 aliphatic carbocycles. The monoisotopic (exact) mass is 278 g/mol. The molecule has 0 saturated carbocycles. The van der Waals surface area contributed by atoms with Crippen molar-refractivity contribution in [1.82, 2.24) is 9.97 Å². The summed E-state index contributed by atoms with van der Waals surface area (Å²) < 4.78 is 24.3. The maximum Gasteiger partial charge on any atom is 0.230 e. The van der Waals surface area contributed by atoms with Crippen molar-refractivity contribution in [1.29, 1.82) is 0 Å². The summed E-state index contributed by atoms with van der Waals surface area (Å²) in [6, 6.07) is 9.05. The van der Waals surface area contributed by atoms with Crippen LogP contribution in [0.5, 0.6) is 0 Å². The molecule has 0 aliphatic heterocycles. The third-order valence-electron chi connectivity index (χ3n) is 2.25. The fourth-order valence-electron chi connectivity index (χ4n) is 1.44. The molecule has 2 aromatic rings. The fourth-order valence-corrected chi connectivity index (χ4v) is 1.94. The molecule has 0 unspecified atom stereocenters. The van der Waals surface area contributed by atoms with Crippen LogP contribution in [0.4, 0.5) is 11.5 Å². The predicted octanol–water partition coefficient (Wildman–Crippen LogP) is 1.46. The van der Waals surface area contributed by atoms with Crippen LogP contribution in [0.2, 0.25) is 0 Å². The number of anilines is 2. The van der Waals surface area contributed by atoms with Gasteiger partial charge in [0.2, 0.25) is 10.0 Å². The molecule has 7 heteroatoms. The van der Waals surface area contributed by atoms with Gasteiger partial charge in [-0.3, -0.25) is 9.71 Å². The average molecular weight is 278 g/mol. The Labute approximate surface area is 112 Å². The molecule has 2 aromatic heterocycles. The van der Waals surface area contributed by atoms with Crippen molar-refractivity contribution in [2.24, 2.45) is 0 Å². The molecule has 0 fully saturated rings. The molecule has 0 saturated heterocycles. The summed E-state index contributed by atoms with van der Waals surface area (Å²) in [7, 11) is -3.29. The van der Waals surface area contributed by atoms with Crippen molar-refractivity contribution in [2.45, 2.75) is 6.54 Å². The van der Waals surface area contributed by atoms with E-state index < -0.39 is 10.0 Å². The molecule has 19 heavy (non-hydrogen) atoms. The van der Waals surface area contributed by atoms with E-state index >= 15 is 0 Å². The molecule has 0 amide bonds. The normalized spacial score (nSPS) is 11.0. The van der Waals surface area contributed by atoms with E-state index in [1.165, 1.54) is 0 Å². The first-order chi connectivity index (χ1) is 9.03. The van der Waals surface area contributed by atoms with Gasteiger partial charge in [0.15, 0.2) is 0 Å². The molecule has 0 aliphatic rings. The van der Waals surface area contributed by atoms with Crippen LogP contribution in [0.3, 0.4) is 0 Å². The van der Waals surface area contributed by atoms with Crippen molar-refractivity contribution in [3.05, 3.63) is 48.4 Å². The lowest BCUT2D eigenvalue weighted by molar-refractivity contribution is 0.606. The summed E-state index contributed by atoms with van der Waals surface area (Å²) in [6.07, 6.45) is 4.38. The van der Waals surface area contributed by atoms with E-state index in [1.54, 1.807) is 24.5 Å². The molecule has 0 bridgehead atoms. The van der Waals surface area contributed by atoms with Gasteiger partial charge in [0.25, 0.3) is 0 Å². The summed E-state index contributed by atoms with van der Waals surface area (Å²) in [5, 5.41) is 3.15. The van der Waals surface area contributed by atoms with Crippen molar-refractivity contribution in [3.8, 4) is 0 Å². The van der Waals surface area contributed by atoms with Crippen LogP contribution < -0.4 is 10.0 Å². The van der Waals surface area contributed by atoms with Gasteiger partial charge in [0.05, 0.1) is 30.4 Å². The van der Waals surface area contributed by atoms with Gasteiger partial charge in [0, 0.05) is 6.20 Å². The van der Waals surface area contributed by atoms with Crippen LogP contribution in [0.25, 0.3) is 0 Å². The van der Waals surface area contributed by atoms with Crippen LogP contribution in [0.1, 0.15) is 5.69 Å². The summed E-state index contributed by atoms with van der Waals surface area (Å²) in [5.74, 6) is 0.297. The number of sulfonamides is 1. The molecule has 100 valence electrons. The largest absolute Gasteiger partial charge is 0.378 e. The van der Waals surface area contributed by atoms with E-state index in [4.69, 9.17) is 0 Å². The van der Waals surface area contributed by atoms with Gasteiger partial charge in [0.1, 0.15) is 5.82 Å². The minimum absolute atomic E-state index is 0.297. The lowest BCUT2D eigenvalue weighted by atomic mass is 10.3. The molecule has 2 heterocycles. The first-order valence-corrected chi connectivity index (χ1v) is 7.50. The Morgan fingerprint density at radius 2 is 2.00 bits per heavy atom. The number of rotatable bonds is 5. The number of nitrogens with zero attached hydrogens (tertiary/aromatic N) is 2. The van der Waals surface area contributed by atoms with Gasteiger partial charge in [-0.25, -0.2) is 13.4 Å². The minimum atomic E-state index is -3.29. The zero-order chi connectivity index (χ0) is 13.7. The van der Waals surface area contributed by atoms with E-state index in [9.17, 15) is 8.42 Å². The second-order valence-electron chi connectivity index (χ2n) is 3.98. The van der Waals surface area contributed by atoms with E-state index in [1.807, 2.05) is 18.2 Å². The zero-order valence-electron chi connectivity index (χ0n) is 10.4. The van der Waals surface area contributed by atoms with E-state index in [0.717, 1.165) is 17.6 Å². The summed E-state index contributed by atoms with van der Waals surface area (Å²) in [4.78, 5) is 8.19. The smallest absolute Gasteiger partial charge is 0.230 e. The predicted molar refractivity (Wildman–Crippen MR) is 74.3 cm³/mol. The van der Waals surface area contributed by atoms with Gasteiger partial charge in [-0.2, -0.15) is 0 Å². The molecule has 0 radical (unpaired) electrons. The third-order valence-corrected chi connectivity index (χ3v) is 2.83. The maximum absolute atomic E-state index is 11.0. The fraction of sp³-hybridized carbons (Fsp3) is 0.167. The highest BCUT2D eigenvalue weighted by Gasteiger charge is 2.02. The summed E-state index contributed by atoms with van der Waals surface area (Å²) in [5.41, 5.74) is 1.71. The first-order valence-electron chi connectivity index (χ1n) is 5.60. The van der Waals surface area contributed by atoms with Crippen molar-refractivity contribution in [2.75, 3.05) is 16.3 Å². The Kier molecular flexibility index (Phi) is 3.96. The number of pyridine rings is 2. The first kappa shape index (κ1) is 13.3. The van der Waals surface area contributed by atoms with Crippen LogP contribution in [0.15, 0.2) is 42.7 Å². The van der Waals surface area contributed by atoms with E-state index in [-0.39, 0.29) is 0 Å². The van der Waals surface area contributed by atoms with Gasteiger partial charge in [-0.15, -0.1) is 0 Å². The Hall–Kier alpha value is -2.15. The quantitative estimate of drug-likeness (QED) is 0.865. The highest BCUT2D eigenvalue weighted by Crippen LogP contribution is 2.11. The van der Waals surface area contributed by atoms with E-state index in [2.05, 4.69) is 20.0 Å². The van der Waals surface area contributed by atoms with Gasteiger partial charge in [-0.05, 0) is 24.3 Å². The second kappa shape index (κ2) is 5.66. The third kappa shape index (κ3) is 4.55. The Bertz CT molecular complexity index is 627. The lowest BCUT2D eigenvalue weighted by Crippen LogP contribution is -2.10. The number of nitrogens with one attached hydrogen (secondary N) is 2. The highest BCUT2D eigenvalue weighted by molar-refractivity contribution is 7.92. The number of aromatic nitrogens is 2. The van der Waals surface area contributed by atoms with Gasteiger partial charge in [-0.1, -0.05) is 6.07 Å². The average Bonchev–Trinajstić information content (AvgIpc) is 2.37. The Morgan fingerprint density at radius 3 is 2.58 bits per heavy atom. The minimum Gasteiger partial charge on any atom is -0.378 e. The Morgan fingerprint density at radius 1 is 1.16 bits per heavy atom. The van der Waals surface area contributed by atoms with Gasteiger partial charge < -0.3 is 5.32 Å². The van der Waals surface area contributed by atoms with Gasteiger partial charge >= 0.3 is 0 Å². The lowest BCUT2D eigenvalue weighted by Gasteiger charge is -2.07. The Balaban J connectivity index is 1.96. The summed E-state index contributed by atoms with van der Waals surface area (Å²) in [6.45, 7) is 0.585. The standard InChI is InChI=1S/C12H14N4O2S/c1-19(17,18)16-12-6-5-11(9-15-12)14-8-10-4-2-3-7-13-10/h2-7,9,14H,8H2,1H3,(H,15,16). The van der Waals surface area contributed by atoms with Crippen molar-refractivity contribution in [3.63, 3.8) is 0 Å².